The Hall–Kier alpha value is -2.67. The molecule has 0 unspecified atom stereocenters. The van der Waals surface area contributed by atoms with Crippen molar-refractivity contribution in [1.29, 1.82) is 0 Å². The van der Waals surface area contributed by atoms with E-state index in [0.717, 1.165) is 18.8 Å². The highest BCUT2D eigenvalue weighted by molar-refractivity contribution is 7.80. The summed E-state index contributed by atoms with van der Waals surface area (Å²) in [6.07, 6.45) is 3.82. The van der Waals surface area contributed by atoms with E-state index in [4.69, 9.17) is 12.2 Å². The number of nitro groups is 1. The van der Waals surface area contributed by atoms with E-state index in [0.29, 0.717) is 10.8 Å². The molecular weight excluding hydrogens is 336 g/mol. The second-order valence-electron chi connectivity index (χ2n) is 5.98. The molecule has 1 saturated heterocycles. The molecule has 1 aliphatic heterocycles. The Balaban J connectivity index is 1.56. The summed E-state index contributed by atoms with van der Waals surface area (Å²) in [5.74, 6) is 0. The summed E-state index contributed by atoms with van der Waals surface area (Å²) in [5.41, 5.74) is 2.89. The minimum absolute atomic E-state index is 0.0535. The largest absolute Gasteiger partial charge is 0.372 e. The number of thiocarbonyl (C=S) groups is 1. The van der Waals surface area contributed by atoms with Gasteiger partial charge in [0.05, 0.1) is 4.92 Å². The first kappa shape index (κ1) is 17.2. The zero-order chi connectivity index (χ0) is 17.6. The summed E-state index contributed by atoms with van der Waals surface area (Å²) in [7, 11) is 0. The molecule has 6 nitrogen and oxygen atoms in total. The molecule has 0 amide bonds. The van der Waals surface area contributed by atoms with Crippen molar-refractivity contribution in [3.05, 3.63) is 58.6 Å². The molecule has 7 heteroatoms. The monoisotopic (exact) mass is 356 g/mol. The van der Waals surface area contributed by atoms with E-state index in [1.54, 1.807) is 12.1 Å². The number of nitrogens with zero attached hydrogens (tertiary/aromatic N) is 2. The lowest BCUT2D eigenvalue weighted by Crippen LogP contribution is -2.29. The summed E-state index contributed by atoms with van der Waals surface area (Å²) in [6, 6.07) is 14.4. The SMILES string of the molecule is O=[N+]([O-])c1ccc(NC(=S)Nc2ccc(N3CCCCC3)cc2)cc1. The highest BCUT2D eigenvalue weighted by Crippen LogP contribution is 2.22. The zero-order valence-electron chi connectivity index (χ0n) is 13.8. The molecule has 130 valence electrons. The first-order chi connectivity index (χ1) is 12.1. The fourth-order valence-electron chi connectivity index (χ4n) is 2.87. The molecule has 2 N–H and O–H groups in total. The standard InChI is InChI=1S/C18H20N4O2S/c23-22(24)17-10-6-15(7-11-17)20-18(25)19-14-4-8-16(9-5-14)21-12-2-1-3-13-21/h4-11H,1-3,12-13H2,(H2,19,20,25). The molecule has 0 spiro atoms. The molecule has 2 aromatic carbocycles. The van der Waals surface area contributed by atoms with Gasteiger partial charge in [0.1, 0.15) is 0 Å². The molecule has 1 aliphatic rings. The van der Waals surface area contributed by atoms with Gasteiger partial charge in [-0.2, -0.15) is 0 Å². The van der Waals surface area contributed by atoms with Gasteiger partial charge in [-0.05, 0) is 67.9 Å². The maximum absolute atomic E-state index is 10.7. The third-order valence-corrected chi connectivity index (χ3v) is 4.39. The average molecular weight is 356 g/mol. The fourth-order valence-corrected chi connectivity index (χ4v) is 3.10. The van der Waals surface area contributed by atoms with Gasteiger partial charge in [0, 0.05) is 42.3 Å². The number of benzene rings is 2. The minimum Gasteiger partial charge on any atom is -0.372 e. The Morgan fingerprint density at radius 1 is 0.920 bits per heavy atom. The van der Waals surface area contributed by atoms with Crippen LogP contribution in [0.4, 0.5) is 22.7 Å². The number of hydrogen-bond donors (Lipinski definition) is 2. The van der Waals surface area contributed by atoms with Gasteiger partial charge in [-0.1, -0.05) is 0 Å². The summed E-state index contributed by atoms with van der Waals surface area (Å²) in [4.78, 5) is 12.6. The number of nitro benzene ring substituents is 1. The summed E-state index contributed by atoms with van der Waals surface area (Å²) in [6.45, 7) is 2.24. The second-order valence-corrected chi connectivity index (χ2v) is 6.39. The van der Waals surface area contributed by atoms with Crippen LogP contribution < -0.4 is 15.5 Å². The highest BCUT2D eigenvalue weighted by Gasteiger charge is 2.10. The van der Waals surface area contributed by atoms with Crippen LogP contribution in [0, 0.1) is 10.1 Å². The second kappa shape index (κ2) is 7.94. The molecule has 1 heterocycles. The smallest absolute Gasteiger partial charge is 0.269 e. The van der Waals surface area contributed by atoms with Crippen molar-refractivity contribution in [2.24, 2.45) is 0 Å². The molecule has 2 aromatic rings. The number of piperidine rings is 1. The lowest BCUT2D eigenvalue weighted by Gasteiger charge is -2.28. The van der Waals surface area contributed by atoms with Crippen molar-refractivity contribution in [3.8, 4) is 0 Å². The molecule has 0 atom stereocenters. The van der Waals surface area contributed by atoms with E-state index in [1.165, 1.54) is 37.1 Å². The van der Waals surface area contributed by atoms with E-state index >= 15 is 0 Å². The van der Waals surface area contributed by atoms with Gasteiger partial charge in [-0.15, -0.1) is 0 Å². The van der Waals surface area contributed by atoms with Crippen molar-refractivity contribution in [2.45, 2.75) is 19.3 Å². The van der Waals surface area contributed by atoms with Crippen LogP contribution in [0.15, 0.2) is 48.5 Å². The number of hydrogen-bond acceptors (Lipinski definition) is 4. The summed E-state index contributed by atoms with van der Waals surface area (Å²) >= 11 is 5.29. The first-order valence-corrected chi connectivity index (χ1v) is 8.70. The van der Waals surface area contributed by atoms with Gasteiger partial charge in [0.25, 0.3) is 5.69 Å². The lowest BCUT2D eigenvalue weighted by molar-refractivity contribution is -0.384. The van der Waals surface area contributed by atoms with Crippen LogP contribution in [0.1, 0.15) is 19.3 Å². The number of anilines is 3. The average Bonchev–Trinajstić information content (AvgIpc) is 2.63. The molecule has 0 saturated carbocycles. The molecule has 1 fully saturated rings. The normalized spacial score (nSPS) is 14.0. The Kier molecular flexibility index (Phi) is 5.45. The Morgan fingerprint density at radius 3 is 1.96 bits per heavy atom. The van der Waals surface area contributed by atoms with Gasteiger partial charge >= 0.3 is 0 Å². The molecule has 3 rings (SSSR count). The maximum Gasteiger partial charge on any atom is 0.269 e. The topological polar surface area (TPSA) is 70.4 Å². The van der Waals surface area contributed by atoms with Crippen molar-refractivity contribution in [2.75, 3.05) is 28.6 Å². The Labute approximate surface area is 152 Å². The van der Waals surface area contributed by atoms with Gasteiger partial charge in [-0.3, -0.25) is 10.1 Å². The minimum atomic E-state index is -0.426. The van der Waals surface area contributed by atoms with Crippen LogP contribution in [-0.4, -0.2) is 23.1 Å². The number of rotatable bonds is 4. The molecule has 0 radical (unpaired) electrons. The van der Waals surface area contributed by atoms with Crippen LogP contribution in [0.2, 0.25) is 0 Å². The van der Waals surface area contributed by atoms with Crippen molar-refractivity contribution < 1.29 is 4.92 Å². The van der Waals surface area contributed by atoms with Crippen LogP contribution in [0.5, 0.6) is 0 Å². The Morgan fingerprint density at radius 2 is 1.44 bits per heavy atom. The van der Waals surface area contributed by atoms with Crippen LogP contribution >= 0.6 is 12.2 Å². The van der Waals surface area contributed by atoms with Gasteiger partial charge in [-0.25, -0.2) is 0 Å². The van der Waals surface area contributed by atoms with E-state index in [2.05, 4.69) is 27.7 Å². The van der Waals surface area contributed by atoms with Gasteiger partial charge in [0.2, 0.25) is 0 Å². The third kappa shape index (κ3) is 4.67. The predicted octanol–water partition coefficient (Wildman–Crippen LogP) is 4.39. The number of nitrogens with one attached hydrogen (secondary N) is 2. The first-order valence-electron chi connectivity index (χ1n) is 8.29. The number of non-ortho nitro benzene ring substituents is 1. The van der Waals surface area contributed by atoms with E-state index in [9.17, 15) is 10.1 Å². The van der Waals surface area contributed by atoms with E-state index < -0.39 is 4.92 Å². The fraction of sp³-hybridized carbons (Fsp3) is 0.278. The van der Waals surface area contributed by atoms with Crippen LogP contribution in [0.3, 0.4) is 0 Å². The van der Waals surface area contributed by atoms with Crippen LogP contribution in [-0.2, 0) is 0 Å². The Bertz CT molecular complexity index is 741. The maximum atomic E-state index is 10.7. The molecule has 0 aromatic heterocycles. The molecular formula is C18H20N4O2S. The molecule has 0 aliphatic carbocycles. The van der Waals surface area contributed by atoms with Crippen LogP contribution in [0.25, 0.3) is 0 Å². The van der Waals surface area contributed by atoms with Crippen molar-refractivity contribution in [1.82, 2.24) is 0 Å². The van der Waals surface area contributed by atoms with Crippen molar-refractivity contribution in [3.63, 3.8) is 0 Å². The molecule has 0 bridgehead atoms. The third-order valence-electron chi connectivity index (χ3n) is 4.18. The van der Waals surface area contributed by atoms with Gasteiger partial charge in [0.15, 0.2) is 5.11 Å². The van der Waals surface area contributed by atoms with E-state index in [-0.39, 0.29) is 5.69 Å². The van der Waals surface area contributed by atoms with Gasteiger partial charge < -0.3 is 15.5 Å². The van der Waals surface area contributed by atoms with Crippen molar-refractivity contribution >= 4 is 40.1 Å². The zero-order valence-corrected chi connectivity index (χ0v) is 14.6. The summed E-state index contributed by atoms with van der Waals surface area (Å²) in [5, 5.41) is 17.3. The predicted molar refractivity (Wildman–Crippen MR) is 105 cm³/mol. The lowest BCUT2D eigenvalue weighted by atomic mass is 10.1. The molecule has 25 heavy (non-hydrogen) atoms. The van der Waals surface area contributed by atoms with E-state index in [1.807, 2.05) is 12.1 Å². The highest BCUT2D eigenvalue weighted by atomic mass is 32.1. The summed E-state index contributed by atoms with van der Waals surface area (Å²) < 4.78 is 0. The quantitative estimate of drug-likeness (QED) is 0.481.